The maximum atomic E-state index is 15.2. The molecular weight excluding hydrogens is 497 g/mol. The van der Waals surface area contributed by atoms with Gasteiger partial charge in [0.1, 0.15) is 23.4 Å². The number of piperazine rings is 1. The molecule has 36 heavy (non-hydrogen) atoms. The summed E-state index contributed by atoms with van der Waals surface area (Å²) >= 11 is 0. The molecule has 12 heteroatoms. The highest BCUT2D eigenvalue weighted by Gasteiger charge is 2.36. The third-order valence-electron chi connectivity index (χ3n) is 6.42. The minimum Gasteiger partial charge on any atom is -0.479 e. The van der Waals surface area contributed by atoms with Gasteiger partial charge < -0.3 is 9.64 Å². The van der Waals surface area contributed by atoms with E-state index in [-0.39, 0.29) is 49.7 Å². The molecular formula is C24H23F3N4O4S. The van der Waals surface area contributed by atoms with Gasteiger partial charge in [-0.1, -0.05) is 24.3 Å². The number of nitrogens with zero attached hydrogens (tertiary/aromatic N) is 4. The minimum absolute atomic E-state index is 0.151. The molecule has 2 heterocycles. The average molecular weight is 521 g/mol. The van der Waals surface area contributed by atoms with Crippen LogP contribution >= 0.6 is 0 Å². The lowest BCUT2D eigenvalue weighted by Gasteiger charge is -2.35. The zero-order valence-electron chi connectivity index (χ0n) is 19.3. The van der Waals surface area contributed by atoms with Crippen LogP contribution in [0.15, 0.2) is 53.5 Å². The van der Waals surface area contributed by atoms with E-state index in [0.717, 1.165) is 28.6 Å². The summed E-state index contributed by atoms with van der Waals surface area (Å²) < 4.78 is 74.9. The van der Waals surface area contributed by atoms with E-state index in [4.69, 9.17) is 4.74 Å². The first-order valence-electron chi connectivity index (χ1n) is 11.3. The Morgan fingerprint density at radius 3 is 2.33 bits per heavy atom. The number of halogens is 3. The number of ether oxygens (including phenoxy) is 1. The number of benzene rings is 2. The highest BCUT2D eigenvalue weighted by molar-refractivity contribution is 7.88. The van der Waals surface area contributed by atoms with Gasteiger partial charge in [0.05, 0.1) is 18.1 Å². The lowest BCUT2D eigenvalue weighted by Crippen LogP contribution is -2.49. The Labute approximate surface area is 205 Å². The molecule has 2 aromatic carbocycles. The molecule has 190 valence electrons. The predicted octanol–water partition coefficient (Wildman–Crippen LogP) is 2.61. The van der Waals surface area contributed by atoms with E-state index < -0.39 is 39.5 Å². The van der Waals surface area contributed by atoms with Crippen molar-refractivity contribution in [1.82, 2.24) is 14.1 Å². The summed E-state index contributed by atoms with van der Waals surface area (Å²) in [5.74, 6) is -2.00. The van der Waals surface area contributed by atoms with E-state index in [9.17, 15) is 22.0 Å². The summed E-state index contributed by atoms with van der Waals surface area (Å²) in [5.41, 5.74) is 0.533. The fourth-order valence-corrected chi connectivity index (χ4v) is 5.46. The molecule has 2 unspecified atom stereocenters. The van der Waals surface area contributed by atoms with Crippen LogP contribution in [0, 0.1) is 11.6 Å². The van der Waals surface area contributed by atoms with Crippen LogP contribution in [-0.4, -0.2) is 61.0 Å². The van der Waals surface area contributed by atoms with Crippen molar-refractivity contribution < 1.29 is 26.3 Å². The molecule has 0 spiro atoms. The van der Waals surface area contributed by atoms with Gasteiger partial charge in [0.2, 0.25) is 15.8 Å². The number of hydrogen-bond acceptors (Lipinski definition) is 6. The van der Waals surface area contributed by atoms with Crippen LogP contribution in [0.1, 0.15) is 17.3 Å². The van der Waals surface area contributed by atoms with E-state index in [1.54, 1.807) is 29.2 Å². The van der Waals surface area contributed by atoms with Crippen LogP contribution in [0.25, 0.3) is 5.69 Å². The number of sulfonamides is 1. The van der Waals surface area contributed by atoms with E-state index >= 15 is 4.39 Å². The zero-order valence-corrected chi connectivity index (χ0v) is 20.1. The molecule has 5 rings (SSSR count). The Morgan fingerprint density at radius 2 is 1.69 bits per heavy atom. The Kier molecular flexibility index (Phi) is 6.25. The van der Waals surface area contributed by atoms with Crippen molar-refractivity contribution in [2.75, 3.05) is 37.3 Å². The standard InChI is InChI=1S/C24H23F3N4O4S/c1-36(33,34)30-8-6-29(7-9-30)20-14-28-31(18-12-16(25)11-17(26)13-18)24(32)23(20)35-21-10-15-4-2-3-5-19(15)22(21)27/h2-5,11-14,21-22H,6-10H2,1H3. The topological polar surface area (TPSA) is 84.7 Å². The molecule has 0 bridgehead atoms. The van der Waals surface area contributed by atoms with E-state index in [1.165, 1.54) is 10.5 Å². The number of fused-ring (bicyclic) bond motifs is 1. The number of rotatable bonds is 5. The van der Waals surface area contributed by atoms with Gasteiger partial charge in [-0.2, -0.15) is 14.1 Å². The second kappa shape index (κ2) is 9.25. The van der Waals surface area contributed by atoms with Crippen LogP contribution in [0.5, 0.6) is 5.75 Å². The second-order valence-corrected chi connectivity index (χ2v) is 10.8. The summed E-state index contributed by atoms with van der Waals surface area (Å²) in [6, 6.07) is 9.54. The van der Waals surface area contributed by atoms with E-state index in [1.807, 2.05) is 0 Å². The summed E-state index contributed by atoms with van der Waals surface area (Å²) in [5, 5.41) is 4.09. The van der Waals surface area contributed by atoms with Gasteiger partial charge in [-0.25, -0.2) is 21.6 Å². The smallest absolute Gasteiger partial charge is 0.316 e. The van der Waals surface area contributed by atoms with Crippen molar-refractivity contribution in [3.63, 3.8) is 0 Å². The van der Waals surface area contributed by atoms with Crippen LogP contribution in [0.4, 0.5) is 18.9 Å². The summed E-state index contributed by atoms with van der Waals surface area (Å²) in [6.07, 6.45) is 0.187. The molecule has 0 saturated carbocycles. The number of alkyl halides is 1. The third-order valence-corrected chi connectivity index (χ3v) is 7.73. The third kappa shape index (κ3) is 4.58. The fourth-order valence-electron chi connectivity index (χ4n) is 4.63. The first kappa shape index (κ1) is 24.3. The molecule has 0 radical (unpaired) electrons. The van der Waals surface area contributed by atoms with Crippen molar-refractivity contribution in [3.05, 3.63) is 81.8 Å². The van der Waals surface area contributed by atoms with Crippen LogP contribution in [0.3, 0.4) is 0 Å². The Balaban J connectivity index is 1.54. The Hall–Kier alpha value is -3.38. The van der Waals surface area contributed by atoms with Gasteiger partial charge in [0, 0.05) is 38.7 Å². The van der Waals surface area contributed by atoms with Gasteiger partial charge >= 0.3 is 5.56 Å². The first-order chi connectivity index (χ1) is 17.1. The molecule has 2 aliphatic rings. The van der Waals surface area contributed by atoms with Gasteiger partial charge in [0.15, 0.2) is 6.17 Å². The maximum absolute atomic E-state index is 15.2. The second-order valence-electron chi connectivity index (χ2n) is 8.81. The number of aromatic nitrogens is 2. The normalized spacial score (nSPS) is 20.4. The van der Waals surface area contributed by atoms with Gasteiger partial charge in [-0.05, 0) is 23.3 Å². The molecule has 1 fully saturated rings. The van der Waals surface area contributed by atoms with Crippen LogP contribution in [0.2, 0.25) is 0 Å². The zero-order chi connectivity index (χ0) is 25.6. The van der Waals surface area contributed by atoms with Crippen LogP contribution < -0.4 is 15.2 Å². The highest BCUT2D eigenvalue weighted by atomic mass is 32.2. The molecule has 0 N–H and O–H groups in total. The maximum Gasteiger partial charge on any atom is 0.316 e. The molecule has 1 aliphatic heterocycles. The van der Waals surface area contributed by atoms with Crippen molar-refractivity contribution in [3.8, 4) is 11.4 Å². The van der Waals surface area contributed by atoms with E-state index in [0.29, 0.717) is 11.6 Å². The number of hydrogen-bond donors (Lipinski definition) is 0. The largest absolute Gasteiger partial charge is 0.479 e. The summed E-state index contributed by atoms with van der Waals surface area (Å²) in [4.78, 5) is 15.3. The number of anilines is 1. The molecule has 1 aliphatic carbocycles. The molecule has 0 amide bonds. The van der Waals surface area contributed by atoms with Crippen LogP contribution in [-0.2, 0) is 16.4 Å². The predicted molar refractivity (Wildman–Crippen MR) is 127 cm³/mol. The van der Waals surface area contributed by atoms with Crippen molar-refractivity contribution in [2.45, 2.75) is 18.7 Å². The lowest BCUT2D eigenvalue weighted by atomic mass is 10.1. The fraction of sp³-hybridized carbons (Fsp3) is 0.333. The average Bonchev–Trinajstić information content (AvgIpc) is 3.14. The quantitative estimate of drug-likeness (QED) is 0.514. The first-order valence-corrected chi connectivity index (χ1v) is 13.1. The van der Waals surface area contributed by atoms with Gasteiger partial charge in [0.25, 0.3) is 0 Å². The minimum atomic E-state index is -3.38. The monoisotopic (exact) mass is 520 g/mol. The molecule has 1 saturated heterocycles. The Bertz CT molecular complexity index is 1450. The molecule has 1 aromatic heterocycles. The van der Waals surface area contributed by atoms with Gasteiger partial charge in [-0.15, -0.1) is 0 Å². The van der Waals surface area contributed by atoms with Crippen molar-refractivity contribution in [2.24, 2.45) is 0 Å². The van der Waals surface area contributed by atoms with Gasteiger partial charge in [-0.3, -0.25) is 4.79 Å². The SMILES string of the molecule is CS(=O)(=O)N1CCN(c2cnn(-c3cc(F)cc(F)c3)c(=O)c2OC2Cc3ccccc3C2F)CC1. The summed E-state index contributed by atoms with van der Waals surface area (Å²) in [6.45, 7) is 0.842. The Morgan fingerprint density at radius 1 is 1.03 bits per heavy atom. The molecule has 2 atom stereocenters. The van der Waals surface area contributed by atoms with E-state index in [2.05, 4.69) is 5.10 Å². The van der Waals surface area contributed by atoms with Crippen molar-refractivity contribution >= 4 is 15.7 Å². The lowest BCUT2D eigenvalue weighted by molar-refractivity contribution is 0.113. The van der Waals surface area contributed by atoms with Crippen molar-refractivity contribution in [1.29, 1.82) is 0 Å². The summed E-state index contributed by atoms with van der Waals surface area (Å²) in [7, 11) is -3.38. The molecule has 3 aromatic rings. The molecule has 8 nitrogen and oxygen atoms in total. The highest BCUT2D eigenvalue weighted by Crippen LogP contribution is 2.38.